The molecule has 0 atom stereocenters. The van der Waals surface area contributed by atoms with Gasteiger partial charge >= 0.3 is 0 Å². The lowest BCUT2D eigenvalue weighted by Crippen LogP contribution is -1.81. The van der Waals surface area contributed by atoms with E-state index in [-0.39, 0.29) is 0 Å². The smallest absolute Gasteiger partial charge is 0.123 e. The Kier molecular flexibility index (Phi) is 3.46. The normalized spacial score (nSPS) is 9.36. The Morgan fingerprint density at radius 2 is 1.86 bits per heavy atom. The molecule has 0 saturated carbocycles. The molecule has 2 rings (SSSR count). The van der Waals surface area contributed by atoms with E-state index in [0.717, 1.165) is 16.3 Å². The van der Waals surface area contributed by atoms with Crippen molar-refractivity contribution in [3.8, 4) is 5.75 Å². The van der Waals surface area contributed by atoms with Gasteiger partial charge in [0.15, 0.2) is 0 Å². The second kappa shape index (κ2) is 4.61. The first-order chi connectivity index (χ1) is 6.79. The van der Waals surface area contributed by atoms with E-state index in [9.17, 15) is 5.11 Å². The van der Waals surface area contributed by atoms with Gasteiger partial charge in [0, 0.05) is 23.2 Å². The molecule has 2 heteroatoms. The van der Waals surface area contributed by atoms with Crippen molar-refractivity contribution < 1.29 is 5.11 Å². The molecule has 0 aliphatic rings. The van der Waals surface area contributed by atoms with Gasteiger partial charge in [-0.25, -0.2) is 0 Å². The maximum atomic E-state index is 9.52. The largest absolute Gasteiger partial charge is 0.507 e. The van der Waals surface area contributed by atoms with Gasteiger partial charge in [0.25, 0.3) is 0 Å². The summed E-state index contributed by atoms with van der Waals surface area (Å²) in [4.78, 5) is 4.04. The summed E-state index contributed by atoms with van der Waals surface area (Å²) in [6.07, 6.45) is 3.50. The quantitative estimate of drug-likeness (QED) is 0.690. The van der Waals surface area contributed by atoms with E-state index < -0.39 is 0 Å². The van der Waals surface area contributed by atoms with Crippen molar-refractivity contribution in [2.24, 2.45) is 0 Å². The molecule has 0 aliphatic heterocycles. The van der Waals surface area contributed by atoms with Crippen molar-refractivity contribution in [2.45, 2.75) is 20.8 Å². The number of hydrogen-bond acceptors (Lipinski definition) is 2. The lowest BCUT2D eigenvalue weighted by atomic mass is 10.1. The topological polar surface area (TPSA) is 33.1 Å². The number of rotatable bonds is 0. The van der Waals surface area contributed by atoms with Crippen LogP contribution in [0.4, 0.5) is 0 Å². The summed E-state index contributed by atoms with van der Waals surface area (Å²) in [5.74, 6) is 0.326. The molecule has 0 aliphatic carbocycles. The van der Waals surface area contributed by atoms with Crippen LogP contribution in [0.3, 0.4) is 0 Å². The fourth-order valence-corrected chi connectivity index (χ4v) is 1.39. The number of nitrogens with zero attached hydrogens (tertiary/aromatic N) is 1. The Bertz CT molecular complexity index is 387. The zero-order valence-electron chi connectivity index (χ0n) is 8.78. The molecule has 0 spiro atoms. The Labute approximate surface area is 84.2 Å². The van der Waals surface area contributed by atoms with Crippen molar-refractivity contribution in [1.82, 2.24) is 4.98 Å². The third kappa shape index (κ3) is 1.84. The summed E-state index contributed by atoms with van der Waals surface area (Å²) < 4.78 is 0. The highest BCUT2D eigenvalue weighted by molar-refractivity contribution is 5.89. The van der Waals surface area contributed by atoms with Gasteiger partial charge in [-0.1, -0.05) is 26.0 Å². The molecule has 0 fully saturated rings. The van der Waals surface area contributed by atoms with Crippen LogP contribution in [0.5, 0.6) is 5.75 Å². The van der Waals surface area contributed by atoms with E-state index in [0.29, 0.717) is 5.75 Å². The summed E-state index contributed by atoms with van der Waals surface area (Å²) in [6.45, 7) is 5.94. The number of benzene rings is 1. The van der Waals surface area contributed by atoms with Gasteiger partial charge in [0.05, 0.1) is 0 Å². The molecular weight excluding hydrogens is 174 g/mol. The summed E-state index contributed by atoms with van der Waals surface area (Å²) >= 11 is 0. The van der Waals surface area contributed by atoms with Gasteiger partial charge in [-0.2, -0.15) is 0 Å². The molecule has 74 valence electrons. The number of pyridine rings is 1. The highest BCUT2D eigenvalue weighted by Gasteiger charge is 2.00. The van der Waals surface area contributed by atoms with Gasteiger partial charge in [-0.3, -0.25) is 4.98 Å². The standard InChI is InChI=1S/C10H9NO.C2H6/c1-7-5-11-6-8-3-2-4-9(12)10(7)8;1-2/h2-6,12H,1H3;1-2H3. The maximum absolute atomic E-state index is 9.52. The highest BCUT2D eigenvalue weighted by Crippen LogP contribution is 2.25. The lowest BCUT2D eigenvalue weighted by molar-refractivity contribution is 0.481. The molecule has 0 saturated heterocycles. The highest BCUT2D eigenvalue weighted by atomic mass is 16.3. The fraction of sp³-hybridized carbons (Fsp3) is 0.250. The average molecular weight is 189 g/mol. The number of hydrogen-bond donors (Lipinski definition) is 1. The molecule has 1 heterocycles. The predicted molar refractivity (Wildman–Crippen MR) is 59.5 cm³/mol. The third-order valence-electron chi connectivity index (χ3n) is 1.95. The first-order valence-corrected chi connectivity index (χ1v) is 4.81. The van der Waals surface area contributed by atoms with Gasteiger partial charge in [-0.15, -0.1) is 0 Å². The number of phenolic OH excluding ortho intramolecular Hbond substituents is 1. The van der Waals surface area contributed by atoms with E-state index in [1.807, 2.05) is 32.9 Å². The van der Waals surface area contributed by atoms with Gasteiger partial charge < -0.3 is 5.11 Å². The van der Waals surface area contributed by atoms with Crippen LogP contribution in [-0.2, 0) is 0 Å². The van der Waals surface area contributed by atoms with Crippen molar-refractivity contribution in [2.75, 3.05) is 0 Å². The molecule has 0 bridgehead atoms. The molecule has 1 N–H and O–H groups in total. The molecule has 1 aromatic heterocycles. The van der Waals surface area contributed by atoms with Crippen molar-refractivity contribution in [3.05, 3.63) is 36.2 Å². The van der Waals surface area contributed by atoms with E-state index >= 15 is 0 Å². The van der Waals surface area contributed by atoms with Gasteiger partial charge in [-0.05, 0) is 18.6 Å². The second-order valence-corrected chi connectivity index (χ2v) is 2.83. The number of phenols is 1. The molecule has 0 unspecified atom stereocenters. The van der Waals surface area contributed by atoms with E-state index in [1.165, 1.54) is 0 Å². The summed E-state index contributed by atoms with van der Waals surface area (Å²) in [5.41, 5.74) is 1.01. The number of fused-ring (bicyclic) bond motifs is 1. The van der Waals surface area contributed by atoms with Crippen molar-refractivity contribution >= 4 is 10.8 Å². The van der Waals surface area contributed by atoms with Crippen molar-refractivity contribution in [3.63, 3.8) is 0 Å². The monoisotopic (exact) mass is 189 g/mol. The number of aromatic nitrogens is 1. The summed E-state index contributed by atoms with van der Waals surface area (Å²) in [6, 6.07) is 5.45. The molecule has 1 aromatic carbocycles. The third-order valence-corrected chi connectivity index (χ3v) is 1.95. The van der Waals surface area contributed by atoms with Crippen LogP contribution in [0.2, 0.25) is 0 Å². The number of aryl methyl sites for hydroxylation is 1. The minimum Gasteiger partial charge on any atom is -0.507 e. The molecule has 0 amide bonds. The minimum atomic E-state index is 0.326. The zero-order chi connectivity index (χ0) is 10.6. The van der Waals surface area contributed by atoms with Crippen LogP contribution in [0.15, 0.2) is 30.6 Å². The van der Waals surface area contributed by atoms with E-state index in [1.54, 1.807) is 18.5 Å². The van der Waals surface area contributed by atoms with Crippen LogP contribution in [0, 0.1) is 6.92 Å². The Morgan fingerprint density at radius 3 is 2.50 bits per heavy atom. The van der Waals surface area contributed by atoms with Crippen LogP contribution in [0.1, 0.15) is 19.4 Å². The SMILES string of the molecule is CC.Cc1cncc2cccc(O)c12. The minimum absolute atomic E-state index is 0.326. The maximum Gasteiger partial charge on any atom is 0.123 e. The molecule has 14 heavy (non-hydrogen) atoms. The second-order valence-electron chi connectivity index (χ2n) is 2.83. The van der Waals surface area contributed by atoms with Crippen LogP contribution < -0.4 is 0 Å². The average Bonchev–Trinajstić information content (AvgIpc) is 2.21. The van der Waals surface area contributed by atoms with Crippen LogP contribution >= 0.6 is 0 Å². The Balaban J connectivity index is 0.000000461. The fourth-order valence-electron chi connectivity index (χ4n) is 1.39. The molecule has 2 nitrogen and oxygen atoms in total. The zero-order valence-corrected chi connectivity index (χ0v) is 8.78. The van der Waals surface area contributed by atoms with Crippen LogP contribution in [0.25, 0.3) is 10.8 Å². The van der Waals surface area contributed by atoms with Gasteiger partial charge in [0.2, 0.25) is 0 Å². The summed E-state index contributed by atoms with van der Waals surface area (Å²) in [5, 5.41) is 11.4. The Morgan fingerprint density at radius 1 is 1.14 bits per heavy atom. The predicted octanol–water partition coefficient (Wildman–Crippen LogP) is 3.28. The van der Waals surface area contributed by atoms with Gasteiger partial charge in [0.1, 0.15) is 5.75 Å². The van der Waals surface area contributed by atoms with E-state index in [4.69, 9.17) is 0 Å². The lowest BCUT2D eigenvalue weighted by Gasteiger charge is -2.02. The van der Waals surface area contributed by atoms with E-state index in [2.05, 4.69) is 4.98 Å². The summed E-state index contributed by atoms with van der Waals surface area (Å²) in [7, 11) is 0. The Hall–Kier alpha value is -1.57. The molecule has 0 radical (unpaired) electrons. The number of aromatic hydroxyl groups is 1. The van der Waals surface area contributed by atoms with Crippen LogP contribution in [-0.4, -0.2) is 10.1 Å². The van der Waals surface area contributed by atoms with Crippen molar-refractivity contribution in [1.29, 1.82) is 0 Å². The first kappa shape index (κ1) is 10.5. The molecular formula is C12H15NO. The molecule has 2 aromatic rings. The first-order valence-electron chi connectivity index (χ1n) is 4.81.